The zero-order valence-electron chi connectivity index (χ0n) is 15.7. The molecule has 0 aliphatic heterocycles. The predicted molar refractivity (Wildman–Crippen MR) is 115 cm³/mol. The zero-order valence-corrected chi connectivity index (χ0v) is 15.7. The highest BCUT2D eigenvalue weighted by Gasteiger charge is 2.15. The van der Waals surface area contributed by atoms with E-state index in [1.807, 2.05) is 48.5 Å². The topological polar surface area (TPSA) is 69.4 Å². The van der Waals surface area contributed by atoms with Crippen LogP contribution < -0.4 is 0 Å². The molecule has 4 rings (SSSR count). The first-order valence-electron chi connectivity index (χ1n) is 9.04. The number of benzene rings is 4. The molecule has 0 saturated heterocycles. The fourth-order valence-electron chi connectivity index (χ4n) is 3.62. The van der Waals surface area contributed by atoms with E-state index in [0.29, 0.717) is 0 Å². The molecule has 0 bridgehead atoms. The molecule has 0 spiro atoms. The van der Waals surface area contributed by atoms with Gasteiger partial charge in [-0.1, -0.05) is 48.5 Å². The minimum atomic E-state index is -0.419. The van der Waals surface area contributed by atoms with E-state index in [1.165, 1.54) is 25.3 Å². The number of carbonyl (C=O) groups excluding carboxylic acids is 1. The summed E-state index contributed by atoms with van der Waals surface area (Å²) >= 11 is 0. The summed E-state index contributed by atoms with van der Waals surface area (Å²) in [5.74, 6) is -0.419. The molecule has 29 heavy (non-hydrogen) atoms. The number of esters is 1. The summed E-state index contributed by atoms with van der Waals surface area (Å²) in [6, 6.07) is 22.5. The van der Waals surface area contributed by atoms with Crippen LogP contribution in [-0.4, -0.2) is 18.0 Å². The van der Waals surface area contributed by atoms with Gasteiger partial charge in [0.15, 0.2) is 0 Å². The monoisotopic (exact) mass is 383 g/mol. The highest BCUT2D eigenvalue weighted by atomic mass is 16.6. The van der Waals surface area contributed by atoms with Gasteiger partial charge in [0.05, 0.1) is 12.0 Å². The fraction of sp³-hybridized carbons (Fsp3) is 0.0417. The zero-order chi connectivity index (χ0) is 20.4. The Morgan fingerprint density at radius 2 is 1.38 bits per heavy atom. The summed E-state index contributed by atoms with van der Waals surface area (Å²) < 4.78 is 4.74. The molecule has 0 aromatic heterocycles. The molecule has 0 aliphatic rings. The van der Waals surface area contributed by atoms with E-state index in [-0.39, 0.29) is 5.69 Å². The summed E-state index contributed by atoms with van der Waals surface area (Å²) in [6.07, 6.45) is 3.19. The van der Waals surface area contributed by atoms with E-state index in [4.69, 9.17) is 4.74 Å². The van der Waals surface area contributed by atoms with Crippen molar-refractivity contribution in [3.05, 3.63) is 94.6 Å². The summed E-state index contributed by atoms with van der Waals surface area (Å²) in [5.41, 5.74) is 2.88. The molecule has 4 aromatic carbocycles. The van der Waals surface area contributed by atoms with Crippen molar-refractivity contribution in [2.45, 2.75) is 0 Å². The molecule has 0 heterocycles. The van der Waals surface area contributed by atoms with Crippen molar-refractivity contribution in [3.63, 3.8) is 0 Å². The van der Waals surface area contributed by atoms with E-state index >= 15 is 0 Å². The maximum atomic E-state index is 11.7. The van der Waals surface area contributed by atoms with Crippen molar-refractivity contribution in [2.75, 3.05) is 7.11 Å². The van der Waals surface area contributed by atoms with E-state index in [1.54, 1.807) is 18.2 Å². The van der Waals surface area contributed by atoms with E-state index in [9.17, 15) is 14.9 Å². The lowest BCUT2D eigenvalue weighted by molar-refractivity contribution is -0.384. The van der Waals surface area contributed by atoms with Gasteiger partial charge in [-0.05, 0) is 56.4 Å². The smallest absolute Gasteiger partial charge is 0.330 e. The van der Waals surface area contributed by atoms with Crippen LogP contribution in [0.15, 0.2) is 78.9 Å². The number of hydrogen-bond donors (Lipinski definition) is 0. The Morgan fingerprint density at radius 1 is 0.862 bits per heavy atom. The van der Waals surface area contributed by atoms with Crippen LogP contribution in [0.25, 0.3) is 38.7 Å². The molecule has 0 unspecified atom stereocenters. The third-order valence-electron chi connectivity index (χ3n) is 4.93. The van der Waals surface area contributed by atoms with Crippen LogP contribution in [0, 0.1) is 10.1 Å². The van der Waals surface area contributed by atoms with Gasteiger partial charge in [-0.25, -0.2) is 4.79 Å². The Bertz CT molecular complexity index is 1220. The van der Waals surface area contributed by atoms with Crippen molar-refractivity contribution >= 4 is 39.3 Å². The van der Waals surface area contributed by atoms with Gasteiger partial charge in [0.1, 0.15) is 0 Å². The van der Waals surface area contributed by atoms with E-state index in [0.717, 1.165) is 38.2 Å². The Balaban J connectivity index is 2.06. The number of ether oxygens (including phenoxy) is 1. The molecule has 0 aliphatic carbocycles. The minimum absolute atomic E-state index is 0.0555. The number of carbonyl (C=O) groups is 1. The average Bonchev–Trinajstić information content (AvgIpc) is 2.76. The number of nitro benzene ring substituents is 1. The molecule has 0 atom stereocenters. The van der Waals surface area contributed by atoms with Gasteiger partial charge in [-0.3, -0.25) is 10.1 Å². The van der Waals surface area contributed by atoms with Gasteiger partial charge in [-0.15, -0.1) is 0 Å². The summed E-state index contributed by atoms with van der Waals surface area (Å²) in [4.78, 5) is 22.3. The highest BCUT2D eigenvalue weighted by Crippen LogP contribution is 2.40. The third-order valence-corrected chi connectivity index (χ3v) is 4.93. The number of methoxy groups -OCH3 is 1. The second-order valence-electron chi connectivity index (χ2n) is 6.54. The molecule has 0 amide bonds. The summed E-state index contributed by atoms with van der Waals surface area (Å²) in [6.45, 7) is 0. The molecule has 5 nitrogen and oxygen atoms in total. The van der Waals surface area contributed by atoms with E-state index in [2.05, 4.69) is 0 Å². The fourth-order valence-corrected chi connectivity index (χ4v) is 3.62. The largest absolute Gasteiger partial charge is 0.466 e. The third kappa shape index (κ3) is 3.34. The van der Waals surface area contributed by atoms with Crippen LogP contribution in [0.4, 0.5) is 5.69 Å². The Hall–Kier alpha value is -3.99. The highest BCUT2D eigenvalue weighted by molar-refractivity contribution is 6.17. The van der Waals surface area contributed by atoms with Crippen molar-refractivity contribution in [3.8, 4) is 11.1 Å². The summed E-state index contributed by atoms with van der Waals surface area (Å²) in [5, 5.41) is 15.0. The lowest BCUT2D eigenvalue weighted by Crippen LogP contribution is -1.94. The Morgan fingerprint density at radius 3 is 1.86 bits per heavy atom. The van der Waals surface area contributed by atoms with Gasteiger partial charge < -0.3 is 4.74 Å². The first-order valence-corrected chi connectivity index (χ1v) is 9.04. The van der Waals surface area contributed by atoms with Crippen molar-refractivity contribution in [1.82, 2.24) is 0 Å². The Kier molecular flexibility index (Phi) is 4.79. The van der Waals surface area contributed by atoms with E-state index < -0.39 is 10.9 Å². The number of rotatable bonds is 4. The minimum Gasteiger partial charge on any atom is -0.466 e. The van der Waals surface area contributed by atoms with Gasteiger partial charge in [0, 0.05) is 18.2 Å². The lowest BCUT2D eigenvalue weighted by atomic mass is 9.88. The summed E-state index contributed by atoms with van der Waals surface area (Å²) in [7, 11) is 1.35. The average molecular weight is 383 g/mol. The number of non-ortho nitro benzene ring substituents is 1. The molecule has 0 N–H and O–H groups in total. The first-order chi connectivity index (χ1) is 14.1. The number of nitro groups is 1. The maximum absolute atomic E-state index is 11.7. The van der Waals surface area contributed by atoms with Crippen LogP contribution in [0.3, 0.4) is 0 Å². The molecular weight excluding hydrogens is 366 g/mol. The van der Waals surface area contributed by atoms with Gasteiger partial charge in [0.25, 0.3) is 5.69 Å². The molecule has 0 saturated carbocycles. The van der Waals surface area contributed by atoms with Crippen LogP contribution in [0.1, 0.15) is 5.56 Å². The second-order valence-corrected chi connectivity index (χ2v) is 6.54. The van der Waals surface area contributed by atoms with Crippen LogP contribution in [0.5, 0.6) is 0 Å². The standard InChI is InChI=1S/C24H17NO4/c1-29-23(26)15-14-20-18-6-2-4-8-21(18)24(22-9-5-3-7-19(20)22)16-10-12-17(13-11-16)25(27)28/h2-15H,1H3/b15-14+. The normalized spacial score (nSPS) is 11.2. The molecular formula is C24H17NO4. The van der Waals surface area contributed by atoms with Crippen LogP contribution in [-0.2, 0) is 9.53 Å². The lowest BCUT2D eigenvalue weighted by Gasteiger charge is -2.15. The number of hydrogen-bond acceptors (Lipinski definition) is 4. The van der Waals surface area contributed by atoms with Crippen molar-refractivity contribution in [2.24, 2.45) is 0 Å². The number of nitrogens with zero attached hydrogens (tertiary/aromatic N) is 1. The van der Waals surface area contributed by atoms with Gasteiger partial charge in [0.2, 0.25) is 0 Å². The van der Waals surface area contributed by atoms with Crippen LogP contribution in [0.2, 0.25) is 0 Å². The van der Waals surface area contributed by atoms with Gasteiger partial charge in [-0.2, -0.15) is 0 Å². The maximum Gasteiger partial charge on any atom is 0.330 e. The van der Waals surface area contributed by atoms with Crippen molar-refractivity contribution in [1.29, 1.82) is 0 Å². The number of fused-ring (bicyclic) bond motifs is 2. The van der Waals surface area contributed by atoms with Crippen molar-refractivity contribution < 1.29 is 14.5 Å². The molecule has 0 radical (unpaired) electrons. The molecule has 0 fully saturated rings. The molecule has 5 heteroatoms. The Labute approximate surface area is 167 Å². The predicted octanol–water partition coefficient (Wildman–Crippen LogP) is 5.75. The van der Waals surface area contributed by atoms with Gasteiger partial charge >= 0.3 is 5.97 Å². The molecule has 4 aromatic rings. The second kappa shape index (κ2) is 7.56. The SMILES string of the molecule is COC(=O)/C=C/c1c2ccccc2c(-c2ccc([N+](=O)[O-])cc2)c2ccccc12. The van der Waals surface area contributed by atoms with Crippen LogP contribution >= 0.6 is 0 Å². The quantitative estimate of drug-likeness (QED) is 0.148. The first kappa shape index (κ1) is 18.4. The molecule has 142 valence electrons.